The molecule has 0 saturated heterocycles. The van der Waals surface area contributed by atoms with Crippen molar-refractivity contribution in [2.24, 2.45) is 0 Å². The van der Waals surface area contributed by atoms with Gasteiger partial charge in [-0.2, -0.15) is 5.26 Å². The number of nitrogens with one attached hydrogen (secondary N) is 1. The molecular formula is C26H23BrN2O2. The van der Waals surface area contributed by atoms with Crippen LogP contribution >= 0.6 is 15.9 Å². The standard InChI is InChI=1S/C26H23BrN2O2/c1-17-10-18(2)12-21(11-17)16-31-25-9-8-20(14-23(25)27)13-22(15-28)26(30)29-24-7-5-4-6-19(24)3/h4-14H,16H2,1-3H3,(H,29,30)/b22-13+. The van der Waals surface area contributed by atoms with Crippen molar-refractivity contribution in [1.82, 2.24) is 0 Å². The zero-order valence-corrected chi connectivity index (χ0v) is 19.3. The monoisotopic (exact) mass is 474 g/mol. The zero-order valence-electron chi connectivity index (χ0n) is 17.7. The Morgan fingerprint density at radius 1 is 1.06 bits per heavy atom. The van der Waals surface area contributed by atoms with Gasteiger partial charge in [-0.1, -0.05) is 53.6 Å². The molecule has 0 radical (unpaired) electrons. The molecule has 0 unspecified atom stereocenters. The summed E-state index contributed by atoms with van der Waals surface area (Å²) in [6.45, 7) is 6.49. The molecule has 0 atom stereocenters. The van der Waals surface area contributed by atoms with E-state index in [0.29, 0.717) is 18.0 Å². The summed E-state index contributed by atoms with van der Waals surface area (Å²) in [5.41, 5.74) is 5.87. The predicted molar refractivity (Wildman–Crippen MR) is 128 cm³/mol. The summed E-state index contributed by atoms with van der Waals surface area (Å²) < 4.78 is 6.70. The molecule has 3 rings (SSSR count). The lowest BCUT2D eigenvalue weighted by atomic mass is 10.1. The summed E-state index contributed by atoms with van der Waals surface area (Å²) in [4.78, 5) is 12.5. The number of halogens is 1. The fourth-order valence-electron chi connectivity index (χ4n) is 3.26. The second-order valence-corrected chi connectivity index (χ2v) is 8.27. The fraction of sp³-hybridized carbons (Fsp3) is 0.154. The summed E-state index contributed by atoms with van der Waals surface area (Å²) in [7, 11) is 0. The summed E-state index contributed by atoms with van der Waals surface area (Å²) in [5.74, 6) is 0.252. The maximum atomic E-state index is 12.5. The molecule has 1 amide bonds. The Morgan fingerprint density at radius 3 is 2.42 bits per heavy atom. The minimum absolute atomic E-state index is 0.0269. The van der Waals surface area contributed by atoms with Crippen molar-refractivity contribution in [3.63, 3.8) is 0 Å². The molecule has 4 nitrogen and oxygen atoms in total. The molecule has 0 fully saturated rings. The van der Waals surface area contributed by atoms with Gasteiger partial charge < -0.3 is 10.1 Å². The van der Waals surface area contributed by atoms with E-state index in [-0.39, 0.29) is 5.57 Å². The smallest absolute Gasteiger partial charge is 0.266 e. The molecule has 156 valence electrons. The van der Waals surface area contributed by atoms with E-state index in [1.165, 1.54) is 11.1 Å². The van der Waals surface area contributed by atoms with Crippen molar-refractivity contribution in [3.05, 3.63) is 98.5 Å². The van der Waals surface area contributed by atoms with Crippen LogP contribution < -0.4 is 10.1 Å². The number of para-hydroxylation sites is 1. The van der Waals surface area contributed by atoms with Crippen LogP contribution in [0.25, 0.3) is 6.08 Å². The van der Waals surface area contributed by atoms with Gasteiger partial charge in [-0.05, 0) is 77.7 Å². The SMILES string of the molecule is Cc1cc(C)cc(COc2ccc(/C=C(\C#N)C(=O)Nc3ccccc3C)cc2Br)c1. The highest BCUT2D eigenvalue weighted by Gasteiger charge is 2.11. The first-order chi connectivity index (χ1) is 14.9. The van der Waals surface area contributed by atoms with Crippen LogP contribution in [0.3, 0.4) is 0 Å². The lowest BCUT2D eigenvalue weighted by Gasteiger charge is -2.11. The van der Waals surface area contributed by atoms with Crippen molar-refractivity contribution < 1.29 is 9.53 Å². The van der Waals surface area contributed by atoms with Gasteiger partial charge in [-0.25, -0.2) is 0 Å². The third kappa shape index (κ3) is 6.07. The highest BCUT2D eigenvalue weighted by molar-refractivity contribution is 9.10. The lowest BCUT2D eigenvalue weighted by molar-refractivity contribution is -0.112. The number of rotatable bonds is 6. The van der Waals surface area contributed by atoms with E-state index in [2.05, 4.69) is 53.3 Å². The third-order valence-corrected chi connectivity index (χ3v) is 5.32. The molecule has 0 bridgehead atoms. The van der Waals surface area contributed by atoms with Gasteiger partial charge in [0.1, 0.15) is 24.0 Å². The zero-order chi connectivity index (χ0) is 22.4. The molecule has 0 aliphatic heterocycles. The van der Waals surface area contributed by atoms with E-state index >= 15 is 0 Å². The second kappa shape index (κ2) is 10.1. The van der Waals surface area contributed by atoms with Crippen LogP contribution in [0.4, 0.5) is 5.69 Å². The van der Waals surface area contributed by atoms with Gasteiger partial charge in [0.2, 0.25) is 0 Å². The van der Waals surface area contributed by atoms with Crippen LogP contribution in [0.2, 0.25) is 0 Å². The Kier molecular flexibility index (Phi) is 7.28. The van der Waals surface area contributed by atoms with Gasteiger partial charge in [0.15, 0.2) is 0 Å². The van der Waals surface area contributed by atoms with Gasteiger partial charge in [-0.15, -0.1) is 0 Å². The van der Waals surface area contributed by atoms with E-state index in [4.69, 9.17) is 4.74 Å². The van der Waals surface area contributed by atoms with Crippen LogP contribution in [0.15, 0.2) is 70.7 Å². The third-order valence-electron chi connectivity index (χ3n) is 4.70. The molecule has 1 N–H and O–H groups in total. The number of carbonyl (C=O) groups is 1. The average molecular weight is 475 g/mol. The van der Waals surface area contributed by atoms with Crippen molar-refractivity contribution in [2.45, 2.75) is 27.4 Å². The Hall–Kier alpha value is -3.36. The average Bonchev–Trinajstić information content (AvgIpc) is 2.72. The van der Waals surface area contributed by atoms with Gasteiger partial charge in [0.25, 0.3) is 5.91 Å². The highest BCUT2D eigenvalue weighted by atomic mass is 79.9. The van der Waals surface area contributed by atoms with E-state index in [0.717, 1.165) is 21.2 Å². The Balaban J connectivity index is 1.73. The number of amides is 1. The number of carbonyl (C=O) groups excluding carboxylic acids is 1. The first kappa shape index (κ1) is 22.3. The van der Waals surface area contributed by atoms with E-state index in [1.54, 1.807) is 12.1 Å². The Labute approximate surface area is 191 Å². The fourth-order valence-corrected chi connectivity index (χ4v) is 3.77. The van der Waals surface area contributed by atoms with Crippen molar-refractivity contribution >= 4 is 33.6 Å². The minimum atomic E-state index is -0.442. The maximum absolute atomic E-state index is 12.5. The van der Waals surface area contributed by atoms with Crippen LogP contribution in [0, 0.1) is 32.1 Å². The van der Waals surface area contributed by atoms with Crippen LogP contribution in [0.5, 0.6) is 5.75 Å². The summed E-state index contributed by atoms with van der Waals surface area (Å²) in [5, 5.41) is 12.3. The number of aryl methyl sites for hydroxylation is 3. The molecule has 5 heteroatoms. The lowest BCUT2D eigenvalue weighted by Crippen LogP contribution is -2.14. The number of ether oxygens (including phenoxy) is 1. The summed E-state index contributed by atoms with van der Waals surface area (Å²) in [6, 6.07) is 21.2. The molecular weight excluding hydrogens is 452 g/mol. The quantitative estimate of drug-likeness (QED) is 0.327. The topological polar surface area (TPSA) is 62.1 Å². The van der Waals surface area contributed by atoms with Crippen LogP contribution in [-0.2, 0) is 11.4 Å². The summed E-state index contributed by atoms with van der Waals surface area (Å²) in [6.07, 6.45) is 1.56. The first-order valence-corrected chi connectivity index (χ1v) is 10.6. The normalized spacial score (nSPS) is 11.0. The number of hydrogen-bond acceptors (Lipinski definition) is 3. The minimum Gasteiger partial charge on any atom is -0.488 e. The number of hydrogen-bond donors (Lipinski definition) is 1. The Bertz CT molecular complexity index is 1170. The van der Waals surface area contributed by atoms with Crippen molar-refractivity contribution in [2.75, 3.05) is 5.32 Å². The van der Waals surface area contributed by atoms with E-state index < -0.39 is 5.91 Å². The number of benzene rings is 3. The number of nitriles is 1. The van der Waals surface area contributed by atoms with Crippen LogP contribution in [-0.4, -0.2) is 5.91 Å². The maximum Gasteiger partial charge on any atom is 0.266 e. The van der Waals surface area contributed by atoms with Crippen molar-refractivity contribution in [3.8, 4) is 11.8 Å². The number of anilines is 1. The van der Waals surface area contributed by atoms with Gasteiger partial charge in [0.05, 0.1) is 4.47 Å². The van der Waals surface area contributed by atoms with Crippen LogP contribution in [0.1, 0.15) is 27.8 Å². The molecule has 3 aromatic rings. The Morgan fingerprint density at radius 2 is 1.77 bits per heavy atom. The molecule has 0 heterocycles. The molecule has 0 aromatic heterocycles. The van der Waals surface area contributed by atoms with Gasteiger partial charge in [-0.3, -0.25) is 4.79 Å². The largest absolute Gasteiger partial charge is 0.488 e. The molecule has 3 aromatic carbocycles. The van der Waals surface area contributed by atoms with E-state index in [9.17, 15) is 10.1 Å². The molecule has 0 saturated carbocycles. The van der Waals surface area contributed by atoms with E-state index in [1.807, 2.05) is 49.4 Å². The van der Waals surface area contributed by atoms with Gasteiger partial charge in [0, 0.05) is 5.69 Å². The van der Waals surface area contributed by atoms with Gasteiger partial charge >= 0.3 is 0 Å². The highest BCUT2D eigenvalue weighted by Crippen LogP contribution is 2.28. The van der Waals surface area contributed by atoms with Crippen molar-refractivity contribution in [1.29, 1.82) is 5.26 Å². The molecule has 0 aliphatic rings. The first-order valence-electron chi connectivity index (χ1n) is 9.84. The molecule has 31 heavy (non-hydrogen) atoms. The number of nitrogens with zero attached hydrogens (tertiary/aromatic N) is 1. The second-order valence-electron chi connectivity index (χ2n) is 7.41. The summed E-state index contributed by atoms with van der Waals surface area (Å²) >= 11 is 3.52. The molecule has 0 aliphatic carbocycles. The molecule has 0 spiro atoms. The predicted octanol–water partition coefficient (Wildman–Crippen LogP) is 6.50.